The van der Waals surface area contributed by atoms with E-state index in [0.29, 0.717) is 0 Å². The third-order valence-electron chi connectivity index (χ3n) is 2.17. The molecule has 18 heavy (non-hydrogen) atoms. The number of alkyl halides is 4. The molecule has 0 saturated carbocycles. The average Bonchev–Trinajstić information content (AvgIpc) is 2.19. The predicted octanol–water partition coefficient (Wildman–Crippen LogP) is 3.13. The van der Waals surface area contributed by atoms with Crippen molar-refractivity contribution in [3.8, 4) is 0 Å². The summed E-state index contributed by atoms with van der Waals surface area (Å²) in [5.74, 6) is -0.842. The molecule has 2 unspecified atom stereocenters. The van der Waals surface area contributed by atoms with E-state index in [0.717, 1.165) is 0 Å². The molecule has 2 atom stereocenters. The molecule has 0 fully saturated rings. The SMILES string of the molecule is CC(CO[P+](=O)OCC(C)C(N)(Cl)Cl)C(N)(Cl)Cl. The lowest BCUT2D eigenvalue weighted by atomic mass is 10.2. The van der Waals surface area contributed by atoms with E-state index in [2.05, 4.69) is 0 Å². The smallest absolute Gasteiger partial charge is 0.300 e. The Labute approximate surface area is 127 Å². The minimum atomic E-state index is -2.34. The van der Waals surface area contributed by atoms with Crippen LogP contribution in [0.15, 0.2) is 0 Å². The standard InChI is InChI=1S/C8H16Cl4N2O3P/c1-5(7(9,10)13)3-16-18(15)17-4-6(2)8(11,12)14/h5-6H,3-4,13-14H2,1-2H3/q+1. The summed E-state index contributed by atoms with van der Waals surface area (Å²) in [7, 11) is -2.34. The molecule has 4 N–H and O–H groups in total. The summed E-state index contributed by atoms with van der Waals surface area (Å²) in [6.45, 7) is 3.27. The molecule has 10 heteroatoms. The number of hydrogen-bond donors (Lipinski definition) is 2. The molecule has 0 aliphatic heterocycles. The second kappa shape index (κ2) is 7.77. The summed E-state index contributed by atoms with van der Waals surface area (Å²) < 4.78 is 18.3. The highest BCUT2D eigenvalue weighted by Gasteiger charge is 2.34. The second-order valence-corrected chi connectivity index (χ2v) is 7.82. The lowest BCUT2D eigenvalue weighted by molar-refractivity contribution is 0.177. The average molecular weight is 361 g/mol. The van der Waals surface area contributed by atoms with Gasteiger partial charge in [-0.25, -0.2) is 0 Å². The minimum absolute atomic E-state index is 0.0113. The summed E-state index contributed by atoms with van der Waals surface area (Å²) in [4.78, 5) is 0. The molecular weight excluding hydrogens is 345 g/mol. The van der Waals surface area contributed by atoms with E-state index < -0.39 is 29.0 Å². The van der Waals surface area contributed by atoms with Gasteiger partial charge in [-0.2, -0.15) is 0 Å². The fourth-order valence-corrected chi connectivity index (χ4v) is 1.62. The van der Waals surface area contributed by atoms with Gasteiger partial charge in [-0.3, -0.25) is 11.5 Å². The Bertz CT molecular complexity index is 256. The Morgan fingerprint density at radius 3 is 1.50 bits per heavy atom. The maximum absolute atomic E-state index is 11.4. The Kier molecular flexibility index (Phi) is 8.24. The quantitative estimate of drug-likeness (QED) is 0.394. The number of rotatable bonds is 8. The first-order valence-corrected chi connectivity index (χ1v) is 7.61. The lowest BCUT2D eigenvalue weighted by Gasteiger charge is -2.20. The molecule has 0 aromatic carbocycles. The van der Waals surface area contributed by atoms with Crippen LogP contribution in [-0.2, 0) is 13.6 Å². The third-order valence-corrected chi connectivity index (χ3v) is 4.38. The van der Waals surface area contributed by atoms with Crippen molar-refractivity contribution in [2.45, 2.75) is 22.8 Å². The third kappa shape index (κ3) is 8.31. The summed E-state index contributed by atoms with van der Waals surface area (Å²) in [6.07, 6.45) is 0. The first-order valence-electron chi connectivity index (χ1n) is 5.01. The van der Waals surface area contributed by atoms with Crippen molar-refractivity contribution in [2.75, 3.05) is 13.2 Å². The normalized spacial score (nSPS) is 17.4. The van der Waals surface area contributed by atoms with Crippen LogP contribution in [0, 0.1) is 11.8 Å². The van der Waals surface area contributed by atoms with Crippen molar-refractivity contribution in [3.63, 3.8) is 0 Å². The van der Waals surface area contributed by atoms with Gasteiger partial charge in [-0.05, 0) is 0 Å². The Morgan fingerprint density at radius 1 is 1.00 bits per heavy atom. The van der Waals surface area contributed by atoms with Gasteiger partial charge in [0.2, 0.25) is 0 Å². The van der Waals surface area contributed by atoms with Crippen LogP contribution in [0.3, 0.4) is 0 Å². The van der Waals surface area contributed by atoms with Gasteiger partial charge >= 0.3 is 8.25 Å². The topological polar surface area (TPSA) is 87.6 Å². The molecule has 0 aliphatic carbocycles. The van der Waals surface area contributed by atoms with Gasteiger partial charge in [0.1, 0.15) is 13.2 Å². The molecule has 0 spiro atoms. The van der Waals surface area contributed by atoms with Gasteiger partial charge in [0.15, 0.2) is 8.91 Å². The monoisotopic (exact) mass is 359 g/mol. The van der Waals surface area contributed by atoms with E-state index in [1.807, 2.05) is 0 Å². The van der Waals surface area contributed by atoms with E-state index >= 15 is 0 Å². The molecule has 0 heterocycles. The van der Waals surface area contributed by atoms with Crippen molar-refractivity contribution in [1.82, 2.24) is 0 Å². The lowest BCUT2D eigenvalue weighted by Crippen LogP contribution is -2.36. The van der Waals surface area contributed by atoms with Gasteiger partial charge in [0, 0.05) is 16.4 Å². The zero-order valence-corrected chi connectivity index (χ0v) is 13.8. The molecule has 0 radical (unpaired) electrons. The van der Waals surface area contributed by atoms with E-state index in [4.69, 9.17) is 66.9 Å². The summed E-state index contributed by atoms with van der Waals surface area (Å²) in [5, 5.41) is 0. The molecule has 0 amide bonds. The van der Waals surface area contributed by atoms with Crippen LogP contribution in [-0.4, -0.2) is 22.1 Å². The summed E-state index contributed by atoms with van der Waals surface area (Å²) in [5.41, 5.74) is 10.8. The molecule has 108 valence electrons. The van der Waals surface area contributed by atoms with E-state index in [-0.39, 0.29) is 13.2 Å². The molecular formula is C8H16Cl4N2O3P+. The predicted molar refractivity (Wildman–Crippen MR) is 75.1 cm³/mol. The zero-order chi connectivity index (χ0) is 14.6. The van der Waals surface area contributed by atoms with E-state index in [1.54, 1.807) is 13.8 Å². The van der Waals surface area contributed by atoms with Crippen LogP contribution >= 0.6 is 54.7 Å². The summed E-state index contributed by atoms with van der Waals surface area (Å²) in [6, 6.07) is 0. The van der Waals surface area contributed by atoms with Crippen LogP contribution in [0.2, 0.25) is 0 Å². The van der Waals surface area contributed by atoms with Gasteiger partial charge in [-0.1, -0.05) is 60.3 Å². The molecule has 0 bridgehead atoms. The zero-order valence-electron chi connectivity index (χ0n) is 9.91. The van der Waals surface area contributed by atoms with Gasteiger partial charge in [0.05, 0.1) is 0 Å². The van der Waals surface area contributed by atoms with Gasteiger partial charge in [-0.15, -0.1) is 9.05 Å². The molecule has 0 aromatic rings. The fraction of sp³-hybridized carbons (Fsp3) is 1.00. The fourth-order valence-electron chi connectivity index (χ4n) is 0.605. The summed E-state index contributed by atoms with van der Waals surface area (Å²) >= 11 is 22.5. The molecule has 5 nitrogen and oxygen atoms in total. The second-order valence-electron chi connectivity index (χ2n) is 3.97. The molecule has 0 rings (SSSR count). The molecule has 0 saturated heterocycles. The van der Waals surface area contributed by atoms with Gasteiger partial charge in [0.25, 0.3) is 0 Å². The van der Waals surface area contributed by atoms with Crippen molar-refractivity contribution in [2.24, 2.45) is 23.3 Å². The van der Waals surface area contributed by atoms with Crippen molar-refractivity contribution < 1.29 is 13.6 Å². The minimum Gasteiger partial charge on any atom is -0.300 e. The highest BCUT2D eigenvalue weighted by Crippen LogP contribution is 2.32. The van der Waals surface area contributed by atoms with Crippen molar-refractivity contribution in [1.29, 1.82) is 0 Å². The van der Waals surface area contributed by atoms with Crippen LogP contribution in [0.25, 0.3) is 0 Å². The highest BCUT2D eigenvalue weighted by molar-refractivity contribution is 7.33. The van der Waals surface area contributed by atoms with Crippen LogP contribution in [0.4, 0.5) is 0 Å². The maximum Gasteiger partial charge on any atom is 0.697 e. The van der Waals surface area contributed by atoms with Crippen molar-refractivity contribution in [3.05, 3.63) is 0 Å². The van der Waals surface area contributed by atoms with Crippen LogP contribution in [0.1, 0.15) is 13.8 Å². The van der Waals surface area contributed by atoms with Crippen molar-refractivity contribution >= 4 is 54.7 Å². The van der Waals surface area contributed by atoms with E-state index in [1.165, 1.54) is 0 Å². The Hall–Kier alpha value is 1.10. The van der Waals surface area contributed by atoms with E-state index in [9.17, 15) is 4.57 Å². The van der Waals surface area contributed by atoms with Gasteiger partial charge < -0.3 is 0 Å². The number of halogens is 4. The number of nitrogens with two attached hydrogens (primary N) is 2. The molecule has 0 aromatic heterocycles. The molecule has 0 aliphatic rings. The Morgan fingerprint density at radius 2 is 1.28 bits per heavy atom. The first-order chi connectivity index (χ1) is 7.94. The number of hydrogen-bond acceptors (Lipinski definition) is 5. The van der Waals surface area contributed by atoms with Crippen LogP contribution < -0.4 is 11.5 Å². The Balaban J connectivity index is 3.94. The highest BCUT2D eigenvalue weighted by atomic mass is 35.5. The maximum atomic E-state index is 11.4. The first kappa shape index (κ1) is 19.1. The van der Waals surface area contributed by atoms with Crippen LogP contribution in [0.5, 0.6) is 0 Å². The largest absolute Gasteiger partial charge is 0.697 e.